The molecule has 3 rings (SSSR count). The number of nitrogens with one attached hydrogen (secondary N) is 2. The van der Waals surface area contributed by atoms with E-state index in [0.29, 0.717) is 6.04 Å². The summed E-state index contributed by atoms with van der Waals surface area (Å²) in [6.45, 7) is 0. The quantitative estimate of drug-likeness (QED) is 0.852. The third-order valence-electron chi connectivity index (χ3n) is 3.56. The van der Waals surface area contributed by atoms with Crippen LogP contribution in [-0.2, 0) is 0 Å². The summed E-state index contributed by atoms with van der Waals surface area (Å²) in [5, 5.41) is 8.07. The number of rotatable bonds is 2. The first-order valence-electron chi connectivity index (χ1n) is 6.49. The number of hydrogen-bond donors (Lipinski definition) is 2. The van der Waals surface area contributed by atoms with Gasteiger partial charge in [0.2, 0.25) is 0 Å². The van der Waals surface area contributed by atoms with Gasteiger partial charge in [0, 0.05) is 15.9 Å². The Labute approximate surface area is 120 Å². The standard InChI is InChI=1S/C15H15BrN2O/c16-13-8-9-14(12-7-2-1-6-11(12)13)18-15(19)17-10-4-3-5-10/h1-2,6-10H,3-5H2,(H2,17,18,19). The number of anilines is 1. The lowest BCUT2D eigenvalue weighted by molar-refractivity contribution is 0.240. The molecule has 0 bridgehead atoms. The maximum absolute atomic E-state index is 11.9. The van der Waals surface area contributed by atoms with Crippen molar-refractivity contribution in [3.05, 3.63) is 40.9 Å². The molecule has 2 N–H and O–H groups in total. The molecule has 1 aliphatic carbocycles. The first-order valence-corrected chi connectivity index (χ1v) is 7.28. The van der Waals surface area contributed by atoms with Gasteiger partial charge in [-0.15, -0.1) is 0 Å². The van der Waals surface area contributed by atoms with Crippen molar-refractivity contribution >= 4 is 38.4 Å². The number of carbonyl (C=O) groups excluding carboxylic acids is 1. The van der Waals surface area contributed by atoms with E-state index in [1.54, 1.807) is 0 Å². The summed E-state index contributed by atoms with van der Waals surface area (Å²) >= 11 is 3.53. The van der Waals surface area contributed by atoms with Crippen molar-refractivity contribution in [2.75, 3.05) is 5.32 Å². The first-order chi connectivity index (χ1) is 9.24. The van der Waals surface area contributed by atoms with Crippen molar-refractivity contribution in [1.82, 2.24) is 5.32 Å². The maximum Gasteiger partial charge on any atom is 0.319 e. The van der Waals surface area contributed by atoms with Crippen LogP contribution in [-0.4, -0.2) is 12.1 Å². The lowest BCUT2D eigenvalue weighted by Gasteiger charge is -2.26. The Hall–Kier alpha value is -1.55. The van der Waals surface area contributed by atoms with Crippen LogP contribution in [0.1, 0.15) is 19.3 Å². The second-order valence-electron chi connectivity index (χ2n) is 4.87. The van der Waals surface area contributed by atoms with Gasteiger partial charge in [0.15, 0.2) is 0 Å². The van der Waals surface area contributed by atoms with E-state index < -0.39 is 0 Å². The van der Waals surface area contributed by atoms with E-state index in [9.17, 15) is 4.79 Å². The van der Waals surface area contributed by atoms with Crippen molar-refractivity contribution in [2.24, 2.45) is 0 Å². The Morgan fingerprint density at radius 2 is 1.84 bits per heavy atom. The Morgan fingerprint density at radius 3 is 2.53 bits per heavy atom. The van der Waals surface area contributed by atoms with E-state index in [1.165, 1.54) is 6.42 Å². The molecule has 0 radical (unpaired) electrons. The molecule has 3 nitrogen and oxygen atoms in total. The summed E-state index contributed by atoms with van der Waals surface area (Å²) in [7, 11) is 0. The van der Waals surface area contributed by atoms with Gasteiger partial charge in [-0.3, -0.25) is 0 Å². The predicted molar refractivity (Wildman–Crippen MR) is 81.4 cm³/mol. The van der Waals surface area contributed by atoms with E-state index in [4.69, 9.17) is 0 Å². The maximum atomic E-state index is 11.9. The number of amides is 2. The molecule has 98 valence electrons. The fraction of sp³-hybridized carbons (Fsp3) is 0.267. The molecular weight excluding hydrogens is 304 g/mol. The number of benzene rings is 2. The minimum Gasteiger partial charge on any atom is -0.335 e. The molecule has 19 heavy (non-hydrogen) atoms. The Kier molecular flexibility index (Phi) is 3.42. The number of urea groups is 1. The van der Waals surface area contributed by atoms with Crippen molar-refractivity contribution < 1.29 is 4.79 Å². The second-order valence-corrected chi connectivity index (χ2v) is 5.72. The van der Waals surface area contributed by atoms with Gasteiger partial charge in [-0.2, -0.15) is 0 Å². The van der Waals surface area contributed by atoms with Gasteiger partial charge in [0.1, 0.15) is 0 Å². The van der Waals surface area contributed by atoms with Crippen molar-refractivity contribution in [2.45, 2.75) is 25.3 Å². The minimum atomic E-state index is -0.114. The largest absolute Gasteiger partial charge is 0.335 e. The highest BCUT2D eigenvalue weighted by molar-refractivity contribution is 9.10. The third-order valence-corrected chi connectivity index (χ3v) is 4.25. The lowest BCUT2D eigenvalue weighted by atomic mass is 9.93. The fourth-order valence-corrected chi connectivity index (χ4v) is 2.75. The van der Waals surface area contributed by atoms with Crippen LogP contribution in [0.4, 0.5) is 10.5 Å². The molecule has 1 saturated carbocycles. The normalized spacial score (nSPS) is 15.0. The Morgan fingerprint density at radius 1 is 1.11 bits per heavy atom. The van der Waals surface area contributed by atoms with Gasteiger partial charge in [0.05, 0.1) is 5.69 Å². The van der Waals surface area contributed by atoms with E-state index in [-0.39, 0.29) is 6.03 Å². The summed E-state index contributed by atoms with van der Waals surface area (Å²) in [5.74, 6) is 0. The fourth-order valence-electron chi connectivity index (χ4n) is 2.27. The van der Waals surface area contributed by atoms with E-state index >= 15 is 0 Å². The number of fused-ring (bicyclic) bond motifs is 1. The van der Waals surface area contributed by atoms with E-state index in [0.717, 1.165) is 33.8 Å². The number of carbonyl (C=O) groups is 1. The average molecular weight is 319 g/mol. The highest BCUT2D eigenvalue weighted by Gasteiger charge is 2.19. The molecule has 2 amide bonds. The molecule has 0 aromatic heterocycles. The van der Waals surface area contributed by atoms with Crippen LogP contribution >= 0.6 is 15.9 Å². The molecule has 0 saturated heterocycles. The van der Waals surface area contributed by atoms with Crippen LogP contribution in [0.3, 0.4) is 0 Å². The molecule has 0 unspecified atom stereocenters. The van der Waals surface area contributed by atoms with E-state index in [2.05, 4.69) is 26.6 Å². The lowest BCUT2D eigenvalue weighted by Crippen LogP contribution is -2.41. The van der Waals surface area contributed by atoms with Crippen LogP contribution < -0.4 is 10.6 Å². The van der Waals surface area contributed by atoms with Crippen LogP contribution in [0, 0.1) is 0 Å². The van der Waals surface area contributed by atoms with Gasteiger partial charge < -0.3 is 10.6 Å². The number of hydrogen-bond acceptors (Lipinski definition) is 1. The first kappa shape index (κ1) is 12.5. The van der Waals surface area contributed by atoms with Crippen molar-refractivity contribution in [1.29, 1.82) is 0 Å². The molecule has 2 aromatic rings. The van der Waals surface area contributed by atoms with Gasteiger partial charge in [-0.1, -0.05) is 40.2 Å². The highest BCUT2D eigenvalue weighted by atomic mass is 79.9. The van der Waals surface area contributed by atoms with E-state index in [1.807, 2.05) is 36.4 Å². The molecular formula is C15H15BrN2O. The predicted octanol–water partition coefficient (Wildman–Crippen LogP) is 4.28. The molecule has 4 heteroatoms. The van der Waals surface area contributed by atoms with Gasteiger partial charge >= 0.3 is 6.03 Å². The molecule has 0 aliphatic heterocycles. The summed E-state index contributed by atoms with van der Waals surface area (Å²) in [4.78, 5) is 11.9. The molecule has 0 spiro atoms. The summed E-state index contributed by atoms with van der Waals surface area (Å²) in [5.41, 5.74) is 0.843. The van der Waals surface area contributed by atoms with Crippen molar-refractivity contribution in [3.63, 3.8) is 0 Å². The van der Waals surface area contributed by atoms with Gasteiger partial charge in [0.25, 0.3) is 0 Å². The molecule has 0 heterocycles. The topological polar surface area (TPSA) is 41.1 Å². The van der Waals surface area contributed by atoms with Crippen LogP contribution in [0.5, 0.6) is 0 Å². The Bertz CT molecular complexity index is 623. The number of halogens is 1. The highest BCUT2D eigenvalue weighted by Crippen LogP contribution is 2.30. The zero-order valence-electron chi connectivity index (χ0n) is 10.4. The monoisotopic (exact) mass is 318 g/mol. The molecule has 2 aromatic carbocycles. The summed E-state index contributed by atoms with van der Waals surface area (Å²) in [6, 6.07) is 12.1. The molecule has 1 aliphatic rings. The summed E-state index contributed by atoms with van der Waals surface area (Å²) in [6.07, 6.45) is 3.40. The van der Waals surface area contributed by atoms with Crippen LogP contribution in [0.25, 0.3) is 10.8 Å². The molecule has 1 fully saturated rings. The zero-order valence-corrected chi connectivity index (χ0v) is 12.0. The van der Waals surface area contributed by atoms with Gasteiger partial charge in [-0.05, 0) is 36.8 Å². The third kappa shape index (κ3) is 2.59. The SMILES string of the molecule is O=C(Nc1ccc(Br)c2ccccc12)NC1CCC1. The van der Waals surface area contributed by atoms with Crippen LogP contribution in [0.15, 0.2) is 40.9 Å². The summed E-state index contributed by atoms with van der Waals surface area (Å²) < 4.78 is 1.04. The van der Waals surface area contributed by atoms with Gasteiger partial charge in [-0.25, -0.2) is 4.79 Å². The molecule has 0 atom stereocenters. The van der Waals surface area contributed by atoms with Crippen molar-refractivity contribution in [3.8, 4) is 0 Å². The Balaban J connectivity index is 1.84. The minimum absolute atomic E-state index is 0.114. The van der Waals surface area contributed by atoms with Crippen LogP contribution in [0.2, 0.25) is 0 Å². The average Bonchev–Trinajstić information content (AvgIpc) is 2.38. The smallest absolute Gasteiger partial charge is 0.319 e. The second kappa shape index (κ2) is 5.21. The zero-order chi connectivity index (χ0) is 13.2.